The van der Waals surface area contributed by atoms with Crippen LogP contribution in [0.5, 0.6) is 0 Å². The number of hydrogen-bond acceptors (Lipinski definition) is 3. The Labute approximate surface area is 112 Å². The second-order valence-electron chi connectivity index (χ2n) is 4.06. The normalized spacial score (nSPS) is 19.3. The first kappa shape index (κ1) is 13.8. The molecule has 1 aliphatic rings. The van der Waals surface area contributed by atoms with E-state index in [2.05, 4.69) is 0 Å². The highest BCUT2D eigenvalue weighted by Crippen LogP contribution is 2.20. The van der Waals surface area contributed by atoms with Gasteiger partial charge in [-0.25, -0.2) is 13.6 Å². The van der Waals surface area contributed by atoms with Crippen LogP contribution in [0.3, 0.4) is 0 Å². The molecule has 0 saturated carbocycles. The number of rotatable bonds is 2. The number of halogens is 2. The SMILES string of the molecule is O=C(O)C1CSCCN1C(=O)c1ccc(F)c(F)c1. The van der Waals surface area contributed by atoms with E-state index in [0.29, 0.717) is 11.5 Å². The van der Waals surface area contributed by atoms with Gasteiger partial charge >= 0.3 is 5.97 Å². The van der Waals surface area contributed by atoms with Crippen molar-refractivity contribution >= 4 is 23.6 Å². The van der Waals surface area contributed by atoms with Gasteiger partial charge in [-0.15, -0.1) is 0 Å². The molecule has 7 heteroatoms. The molecule has 1 aromatic carbocycles. The first-order chi connectivity index (χ1) is 9.00. The molecule has 1 fully saturated rings. The molecule has 2 rings (SSSR count). The lowest BCUT2D eigenvalue weighted by Gasteiger charge is -2.32. The summed E-state index contributed by atoms with van der Waals surface area (Å²) in [7, 11) is 0. The largest absolute Gasteiger partial charge is 0.480 e. The average molecular weight is 287 g/mol. The molecule has 4 nitrogen and oxygen atoms in total. The topological polar surface area (TPSA) is 57.6 Å². The van der Waals surface area contributed by atoms with Gasteiger partial charge in [0.05, 0.1) is 0 Å². The number of carbonyl (C=O) groups is 2. The van der Waals surface area contributed by atoms with Crippen LogP contribution in [-0.4, -0.2) is 46.0 Å². The summed E-state index contributed by atoms with van der Waals surface area (Å²) in [6.07, 6.45) is 0. The fraction of sp³-hybridized carbons (Fsp3) is 0.333. The van der Waals surface area contributed by atoms with Crippen LogP contribution in [0.25, 0.3) is 0 Å². The van der Waals surface area contributed by atoms with Crippen molar-refractivity contribution in [3.05, 3.63) is 35.4 Å². The van der Waals surface area contributed by atoms with Crippen LogP contribution < -0.4 is 0 Å². The van der Waals surface area contributed by atoms with Crippen molar-refractivity contribution in [2.75, 3.05) is 18.1 Å². The molecule has 0 spiro atoms. The Kier molecular flexibility index (Phi) is 4.04. The summed E-state index contributed by atoms with van der Waals surface area (Å²) in [5.41, 5.74) is -0.0444. The van der Waals surface area contributed by atoms with Crippen LogP contribution in [-0.2, 0) is 4.79 Å². The minimum Gasteiger partial charge on any atom is -0.480 e. The molecule has 1 unspecified atom stereocenters. The fourth-order valence-electron chi connectivity index (χ4n) is 1.85. The van der Waals surface area contributed by atoms with Crippen molar-refractivity contribution in [3.63, 3.8) is 0 Å². The summed E-state index contributed by atoms with van der Waals surface area (Å²) < 4.78 is 25.9. The summed E-state index contributed by atoms with van der Waals surface area (Å²) >= 11 is 1.44. The van der Waals surface area contributed by atoms with E-state index in [4.69, 9.17) is 5.11 Å². The predicted molar refractivity (Wildman–Crippen MR) is 66.1 cm³/mol. The first-order valence-electron chi connectivity index (χ1n) is 5.57. The number of benzene rings is 1. The smallest absolute Gasteiger partial charge is 0.327 e. The lowest BCUT2D eigenvalue weighted by Crippen LogP contribution is -2.50. The average Bonchev–Trinajstić information content (AvgIpc) is 2.41. The zero-order chi connectivity index (χ0) is 14.0. The number of carbonyl (C=O) groups excluding carboxylic acids is 1. The lowest BCUT2D eigenvalue weighted by molar-refractivity contribution is -0.141. The molecule has 1 aromatic rings. The van der Waals surface area contributed by atoms with E-state index in [-0.39, 0.29) is 12.1 Å². The Bertz CT molecular complexity index is 524. The van der Waals surface area contributed by atoms with Crippen LogP contribution >= 0.6 is 11.8 Å². The summed E-state index contributed by atoms with van der Waals surface area (Å²) in [5, 5.41) is 9.06. The Hall–Kier alpha value is -1.63. The van der Waals surface area contributed by atoms with Gasteiger partial charge in [0.2, 0.25) is 0 Å². The van der Waals surface area contributed by atoms with Gasteiger partial charge in [0.1, 0.15) is 6.04 Å². The maximum Gasteiger partial charge on any atom is 0.327 e. The molecule has 0 aromatic heterocycles. The van der Waals surface area contributed by atoms with Crippen molar-refractivity contribution in [2.45, 2.75) is 6.04 Å². The van der Waals surface area contributed by atoms with E-state index in [0.717, 1.165) is 18.2 Å². The Morgan fingerprint density at radius 2 is 2.05 bits per heavy atom. The maximum atomic E-state index is 13.1. The molecular weight excluding hydrogens is 276 g/mol. The van der Waals surface area contributed by atoms with E-state index in [1.807, 2.05) is 0 Å². The minimum absolute atomic E-state index is 0.0444. The Balaban J connectivity index is 2.26. The summed E-state index contributed by atoms with van der Waals surface area (Å²) in [4.78, 5) is 24.4. The summed E-state index contributed by atoms with van der Waals surface area (Å²) in [6.45, 7) is 0.277. The molecule has 0 aliphatic carbocycles. The van der Waals surface area contributed by atoms with Crippen LogP contribution in [0.15, 0.2) is 18.2 Å². The first-order valence-corrected chi connectivity index (χ1v) is 6.72. The van der Waals surface area contributed by atoms with Crippen molar-refractivity contribution in [2.24, 2.45) is 0 Å². The monoisotopic (exact) mass is 287 g/mol. The number of thioether (sulfide) groups is 1. The summed E-state index contributed by atoms with van der Waals surface area (Å²) in [6, 6.07) is 1.87. The number of carboxylic acids is 1. The number of hydrogen-bond donors (Lipinski definition) is 1. The Morgan fingerprint density at radius 3 is 2.68 bits per heavy atom. The van der Waals surface area contributed by atoms with Crippen LogP contribution in [0.2, 0.25) is 0 Å². The highest BCUT2D eigenvalue weighted by atomic mass is 32.2. The van der Waals surface area contributed by atoms with Crippen molar-refractivity contribution < 1.29 is 23.5 Å². The molecule has 19 heavy (non-hydrogen) atoms. The number of amides is 1. The molecule has 1 atom stereocenters. The van der Waals surface area contributed by atoms with Crippen molar-refractivity contribution in [1.82, 2.24) is 4.90 Å². The van der Waals surface area contributed by atoms with Gasteiger partial charge in [0.15, 0.2) is 11.6 Å². The zero-order valence-electron chi connectivity index (χ0n) is 9.81. The van der Waals surface area contributed by atoms with Crippen LogP contribution in [0.1, 0.15) is 10.4 Å². The standard InChI is InChI=1S/C12H11F2NO3S/c13-8-2-1-7(5-9(8)14)11(16)15-3-4-19-6-10(15)12(17)18/h1-2,5,10H,3-4,6H2,(H,17,18). The number of carboxylic acid groups (broad SMARTS) is 1. The zero-order valence-corrected chi connectivity index (χ0v) is 10.6. The van der Waals surface area contributed by atoms with Gasteiger partial charge in [0.25, 0.3) is 5.91 Å². The fourth-order valence-corrected chi connectivity index (χ4v) is 2.88. The van der Waals surface area contributed by atoms with Gasteiger partial charge in [-0.1, -0.05) is 0 Å². The van der Waals surface area contributed by atoms with Crippen LogP contribution in [0, 0.1) is 11.6 Å². The van der Waals surface area contributed by atoms with E-state index in [1.165, 1.54) is 16.7 Å². The maximum absolute atomic E-state index is 13.1. The number of nitrogens with zero attached hydrogens (tertiary/aromatic N) is 1. The molecule has 1 saturated heterocycles. The van der Waals surface area contributed by atoms with Gasteiger partial charge < -0.3 is 10.0 Å². The highest BCUT2D eigenvalue weighted by molar-refractivity contribution is 7.99. The third-order valence-electron chi connectivity index (χ3n) is 2.84. The second kappa shape index (κ2) is 5.56. The molecule has 1 aliphatic heterocycles. The molecular formula is C12H11F2NO3S. The second-order valence-corrected chi connectivity index (χ2v) is 5.21. The molecule has 0 bridgehead atoms. The molecule has 1 amide bonds. The van der Waals surface area contributed by atoms with E-state index in [1.54, 1.807) is 0 Å². The van der Waals surface area contributed by atoms with Crippen LogP contribution in [0.4, 0.5) is 8.78 Å². The lowest BCUT2D eigenvalue weighted by atomic mass is 10.1. The third kappa shape index (κ3) is 2.86. The summed E-state index contributed by atoms with van der Waals surface area (Å²) in [5.74, 6) is -2.93. The molecule has 1 heterocycles. The third-order valence-corrected chi connectivity index (χ3v) is 3.86. The molecule has 102 valence electrons. The van der Waals surface area contributed by atoms with E-state index in [9.17, 15) is 18.4 Å². The number of aliphatic carboxylic acids is 1. The molecule has 0 radical (unpaired) electrons. The van der Waals surface area contributed by atoms with E-state index < -0.39 is 29.6 Å². The van der Waals surface area contributed by atoms with Gasteiger partial charge in [-0.3, -0.25) is 4.79 Å². The van der Waals surface area contributed by atoms with Gasteiger partial charge in [-0.2, -0.15) is 11.8 Å². The minimum atomic E-state index is -1.12. The van der Waals surface area contributed by atoms with Crippen molar-refractivity contribution in [1.29, 1.82) is 0 Å². The van der Waals surface area contributed by atoms with Gasteiger partial charge in [-0.05, 0) is 18.2 Å². The predicted octanol–water partition coefficient (Wildman–Crippen LogP) is 1.61. The molecule has 1 N–H and O–H groups in total. The highest BCUT2D eigenvalue weighted by Gasteiger charge is 2.33. The quantitative estimate of drug-likeness (QED) is 0.898. The van der Waals surface area contributed by atoms with Gasteiger partial charge in [0, 0.05) is 23.6 Å². The van der Waals surface area contributed by atoms with Crippen molar-refractivity contribution in [3.8, 4) is 0 Å². The Morgan fingerprint density at radius 1 is 1.32 bits per heavy atom. The van der Waals surface area contributed by atoms with E-state index >= 15 is 0 Å².